The van der Waals surface area contributed by atoms with Crippen molar-refractivity contribution in [2.45, 2.75) is 26.4 Å². The Morgan fingerprint density at radius 1 is 1.43 bits per heavy atom. The number of amides is 1. The van der Waals surface area contributed by atoms with Crippen LogP contribution < -0.4 is 0 Å². The molecule has 80 valence electrons. The number of hydrogen-bond donors (Lipinski definition) is 0. The van der Waals surface area contributed by atoms with Gasteiger partial charge in [0.15, 0.2) is 0 Å². The average Bonchev–Trinajstić information content (AvgIpc) is 2.25. The molecule has 0 aromatic rings. The highest BCUT2D eigenvalue weighted by atomic mass is 32.2. The molecule has 1 amide bonds. The van der Waals surface area contributed by atoms with Crippen LogP contribution in [0.2, 0.25) is 0 Å². The molecule has 0 N–H and O–H groups in total. The number of nitrogens with zero attached hydrogens (tertiary/aromatic N) is 1. The van der Waals surface area contributed by atoms with E-state index in [4.69, 9.17) is 4.74 Å². The van der Waals surface area contributed by atoms with Crippen molar-refractivity contribution in [3.8, 4) is 0 Å². The zero-order valence-electron chi connectivity index (χ0n) is 8.35. The molecular weight excluding hydrogens is 206 g/mol. The van der Waals surface area contributed by atoms with E-state index in [9.17, 15) is 13.2 Å². The van der Waals surface area contributed by atoms with Crippen LogP contribution in [0.15, 0.2) is 11.5 Å². The second kappa shape index (κ2) is 3.27. The van der Waals surface area contributed by atoms with Gasteiger partial charge in [0.05, 0.1) is 6.54 Å². The van der Waals surface area contributed by atoms with Gasteiger partial charge in [-0.2, -0.15) is 4.31 Å². The molecule has 1 aliphatic heterocycles. The zero-order valence-corrected chi connectivity index (χ0v) is 9.17. The third kappa shape index (κ3) is 2.47. The molecule has 0 bridgehead atoms. The molecule has 5 nitrogen and oxygen atoms in total. The van der Waals surface area contributed by atoms with Gasteiger partial charge in [-0.25, -0.2) is 13.2 Å². The number of rotatable bonds is 0. The van der Waals surface area contributed by atoms with Gasteiger partial charge < -0.3 is 4.74 Å². The smallest absolute Gasteiger partial charge is 0.424 e. The SMILES string of the molecule is CC(C)(C)OC(=O)N1CC=CS1(=O)=O. The van der Waals surface area contributed by atoms with Crippen molar-refractivity contribution in [2.75, 3.05) is 6.54 Å². The van der Waals surface area contributed by atoms with Crippen molar-refractivity contribution >= 4 is 16.1 Å². The highest BCUT2D eigenvalue weighted by Crippen LogP contribution is 2.16. The lowest BCUT2D eigenvalue weighted by atomic mass is 10.2. The highest BCUT2D eigenvalue weighted by molar-refractivity contribution is 7.92. The molecule has 0 fully saturated rings. The van der Waals surface area contributed by atoms with Gasteiger partial charge >= 0.3 is 6.09 Å². The molecule has 1 aliphatic rings. The minimum atomic E-state index is -3.58. The first-order valence-electron chi connectivity index (χ1n) is 4.15. The van der Waals surface area contributed by atoms with Gasteiger partial charge in [-0.3, -0.25) is 0 Å². The van der Waals surface area contributed by atoms with Crippen molar-refractivity contribution in [1.82, 2.24) is 4.31 Å². The summed E-state index contributed by atoms with van der Waals surface area (Å²) in [6.07, 6.45) is 0.571. The molecule has 0 aliphatic carbocycles. The molecule has 14 heavy (non-hydrogen) atoms. The van der Waals surface area contributed by atoms with Gasteiger partial charge in [-0.15, -0.1) is 0 Å². The maximum atomic E-state index is 11.4. The van der Waals surface area contributed by atoms with Crippen molar-refractivity contribution in [3.63, 3.8) is 0 Å². The molecule has 6 heteroatoms. The van der Waals surface area contributed by atoms with Crippen LogP contribution in [0.4, 0.5) is 4.79 Å². The van der Waals surface area contributed by atoms with Gasteiger partial charge in [0.2, 0.25) is 0 Å². The molecule has 1 heterocycles. The van der Waals surface area contributed by atoms with E-state index in [1.54, 1.807) is 20.8 Å². The summed E-state index contributed by atoms with van der Waals surface area (Å²) in [6.45, 7) is 5.10. The van der Waals surface area contributed by atoms with E-state index in [-0.39, 0.29) is 6.54 Å². The van der Waals surface area contributed by atoms with Crippen LogP contribution in [-0.2, 0) is 14.8 Å². The first-order valence-corrected chi connectivity index (χ1v) is 5.65. The predicted octanol–water partition coefficient (Wildman–Crippen LogP) is 1.08. The van der Waals surface area contributed by atoms with Crippen LogP contribution in [0, 0.1) is 0 Å². The lowest BCUT2D eigenvalue weighted by Gasteiger charge is -2.23. The monoisotopic (exact) mass is 219 g/mol. The van der Waals surface area contributed by atoms with Crippen LogP contribution in [0.5, 0.6) is 0 Å². The standard InChI is InChI=1S/C8H13NO4S/c1-8(2,3)13-7(10)9-5-4-6-14(9,11)12/h4,6H,5H2,1-3H3. The zero-order chi connectivity index (χ0) is 11.0. The Balaban J connectivity index is 2.74. The number of carbonyl (C=O) groups is 1. The third-order valence-corrected chi connectivity index (χ3v) is 2.89. The van der Waals surface area contributed by atoms with Crippen molar-refractivity contribution < 1.29 is 17.9 Å². The van der Waals surface area contributed by atoms with Gasteiger partial charge in [-0.05, 0) is 20.8 Å². The molecule has 0 radical (unpaired) electrons. The molecule has 0 saturated heterocycles. The van der Waals surface area contributed by atoms with Gasteiger partial charge in [0, 0.05) is 5.41 Å². The van der Waals surface area contributed by atoms with Gasteiger partial charge in [-0.1, -0.05) is 6.08 Å². The molecule has 0 aromatic heterocycles. The summed E-state index contributed by atoms with van der Waals surface area (Å²) < 4.78 is 28.1. The summed E-state index contributed by atoms with van der Waals surface area (Å²) in [5.41, 5.74) is -0.685. The summed E-state index contributed by atoms with van der Waals surface area (Å²) in [7, 11) is -3.58. The van der Waals surface area contributed by atoms with E-state index < -0.39 is 21.7 Å². The molecule has 0 aromatic carbocycles. The first-order chi connectivity index (χ1) is 6.22. The summed E-state index contributed by atoms with van der Waals surface area (Å²) in [6, 6.07) is 0. The number of sulfonamides is 1. The Morgan fingerprint density at radius 2 is 2.00 bits per heavy atom. The van der Waals surface area contributed by atoms with E-state index in [2.05, 4.69) is 0 Å². The van der Waals surface area contributed by atoms with Crippen LogP contribution in [-0.4, -0.2) is 31.0 Å². The Bertz CT molecular complexity index is 363. The second-order valence-corrected chi connectivity index (χ2v) is 5.67. The Hall–Kier alpha value is -1.04. The summed E-state index contributed by atoms with van der Waals surface area (Å²) in [4.78, 5) is 11.4. The Labute approximate surface area is 83.4 Å². The molecule has 0 unspecified atom stereocenters. The van der Waals surface area contributed by atoms with E-state index in [0.29, 0.717) is 4.31 Å². The third-order valence-electron chi connectivity index (χ3n) is 1.44. The Morgan fingerprint density at radius 3 is 2.36 bits per heavy atom. The quantitative estimate of drug-likeness (QED) is 0.611. The fourth-order valence-corrected chi connectivity index (χ4v) is 1.94. The fourth-order valence-electron chi connectivity index (χ4n) is 0.929. The number of ether oxygens (including phenoxy) is 1. The summed E-state index contributed by atoms with van der Waals surface area (Å²) in [5, 5.41) is 0.997. The van der Waals surface area contributed by atoms with Crippen molar-refractivity contribution in [3.05, 3.63) is 11.5 Å². The average molecular weight is 219 g/mol. The Kier molecular flexibility index (Phi) is 2.58. The maximum Gasteiger partial charge on any atom is 0.424 e. The summed E-state index contributed by atoms with van der Waals surface area (Å²) >= 11 is 0. The van der Waals surface area contributed by atoms with Gasteiger partial charge in [0.25, 0.3) is 10.0 Å². The minimum absolute atomic E-state index is 0.0528. The first kappa shape index (κ1) is 11.0. The second-order valence-electron chi connectivity index (χ2n) is 3.93. The van der Waals surface area contributed by atoms with E-state index in [0.717, 1.165) is 5.41 Å². The molecular formula is C8H13NO4S. The maximum absolute atomic E-state index is 11.4. The van der Waals surface area contributed by atoms with Crippen LogP contribution in [0.25, 0.3) is 0 Å². The lowest BCUT2D eigenvalue weighted by Crippen LogP contribution is -2.37. The van der Waals surface area contributed by atoms with Crippen molar-refractivity contribution in [2.24, 2.45) is 0 Å². The number of hydrogen-bond acceptors (Lipinski definition) is 4. The van der Waals surface area contributed by atoms with Crippen LogP contribution >= 0.6 is 0 Å². The van der Waals surface area contributed by atoms with Gasteiger partial charge in [0.1, 0.15) is 5.60 Å². The summed E-state index contributed by atoms with van der Waals surface area (Å²) in [5.74, 6) is 0. The highest BCUT2D eigenvalue weighted by Gasteiger charge is 2.32. The number of carbonyl (C=O) groups excluding carboxylic acids is 1. The van der Waals surface area contributed by atoms with E-state index in [1.807, 2.05) is 0 Å². The molecule has 0 atom stereocenters. The van der Waals surface area contributed by atoms with E-state index >= 15 is 0 Å². The topological polar surface area (TPSA) is 63.7 Å². The van der Waals surface area contributed by atoms with E-state index in [1.165, 1.54) is 6.08 Å². The molecule has 0 spiro atoms. The normalized spacial score (nSPS) is 19.8. The van der Waals surface area contributed by atoms with Crippen molar-refractivity contribution in [1.29, 1.82) is 0 Å². The lowest BCUT2D eigenvalue weighted by molar-refractivity contribution is 0.0409. The fraction of sp³-hybridized carbons (Fsp3) is 0.625. The molecule has 1 rings (SSSR count). The largest absolute Gasteiger partial charge is 0.443 e. The molecule has 0 saturated carbocycles. The van der Waals surface area contributed by atoms with Crippen LogP contribution in [0.3, 0.4) is 0 Å². The predicted molar refractivity (Wildman–Crippen MR) is 51.0 cm³/mol. The minimum Gasteiger partial charge on any atom is -0.443 e. The van der Waals surface area contributed by atoms with Crippen LogP contribution in [0.1, 0.15) is 20.8 Å².